The van der Waals surface area contributed by atoms with Crippen molar-refractivity contribution in [3.63, 3.8) is 0 Å². The van der Waals surface area contributed by atoms with Crippen molar-refractivity contribution in [3.8, 4) is 0 Å². The summed E-state index contributed by atoms with van der Waals surface area (Å²) in [7, 11) is 1.76. The Morgan fingerprint density at radius 3 is 2.55 bits per heavy atom. The van der Waals surface area contributed by atoms with Crippen LogP contribution in [0.3, 0.4) is 0 Å². The topological polar surface area (TPSA) is 12.0 Å². The highest BCUT2D eigenvalue weighted by atomic mass is 35.5. The van der Waals surface area contributed by atoms with Crippen LogP contribution in [0.25, 0.3) is 0 Å². The molecule has 1 rings (SSSR count). The van der Waals surface area contributed by atoms with E-state index in [0.717, 1.165) is 11.3 Å². The van der Waals surface area contributed by atoms with Gasteiger partial charge in [-0.1, -0.05) is 11.6 Å². The first-order valence-corrected chi connectivity index (χ1v) is 3.66. The molecule has 0 radical (unpaired) electrons. The van der Waals surface area contributed by atoms with Gasteiger partial charge in [0.05, 0.1) is 10.7 Å². The average molecular weight is 174 g/mol. The maximum absolute atomic E-state index is 12.6. The average Bonchev–Trinajstić information content (AvgIpc) is 1.85. The van der Waals surface area contributed by atoms with Crippen LogP contribution in [-0.4, -0.2) is 7.05 Å². The number of aryl methyl sites for hydroxylation is 1. The summed E-state index contributed by atoms with van der Waals surface area (Å²) in [5.41, 5.74) is 1.60. The predicted molar refractivity (Wildman–Crippen MR) is 45.7 cm³/mol. The second kappa shape index (κ2) is 3.09. The first-order valence-electron chi connectivity index (χ1n) is 3.28. The molecule has 11 heavy (non-hydrogen) atoms. The molecule has 3 heteroatoms. The Morgan fingerprint density at radius 2 is 2.09 bits per heavy atom. The SMILES string of the molecule is CNc1c(C)cc(F)cc1Cl. The van der Waals surface area contributed by atoms with Gasteiger partial charge in [-0.3, -0.25) is 0 Å². The number of benzene rings is 1. The fourth-order valence-corrected chi connectivity index (χ4v) is 1.37. The van der Waals surface area contributed by atoms with E-state index in [1.165, 1.54) is 12.1 Å². The molecule has 0 aliphatic rings. The molecule has 1 aromatic rings. The third kappa shape index (κ3) is 1.63. The van der Waals surface area contributed by atoms with Crippen LogP contribution in [-0.2, 0) is 0 Å². The lowest BCUT2D eigenvalue weighted by Crippen LogP contribution is -1.93. The molecule has 0 unspecified atom stereocenters. The molecule has 1 N–H and O–H groups in total. The first-order chi connectivity index (χ1) is 5.15. The van der Waals surface area contributed by atoms with Crippen LogP contribution in [0.15, 0.2) is 12.1 Å². The second-order valence-electron chi connectivity index (χ2n) is 2.33. The van der Waals surface area contributed by atoms with Crippen LogP contribution >= 0.6 is 11.6 Å². The molecule has 0 saturated heterocycles. The summed E-state index contributed by atoms with van der Waals surface area (Å²) in [4.78, 5) is 0. The molecular formula is C8H9ClFN. The Labute approximate surface area is 70.2 Å². The molecule has 60 valence electrons. The molecule has 0 amide bonds. The van der Waals surface area contributed by atoms with E-state index >= 15 is 0 Å². The summed E-state index contributed by atoms with van der Waals surface area (Å²) in [6, 6.07) is 2.73. The van der Waals surface area contributed by atoms with Crippen molar-refractivity contribution in [3.05, 3.63) is 28.5 Å². The van der Waals surface area contributed by atoms with Crippen LogP contribution in [0, 0.1) is 12.7 Å². The lowest BCUT2D eigenvalue weighted by molar-refractivity contribution is 0.627. The van der Waals surface area contributed by atoms with Crippen molar-refractivity contribution in [2.24, 2.45) is 0 Å². The van der Waals surface area contributed by atoms with E-state index in [-0.39, 0.29) is 5.82 Å². The molecule has 0 bridgehead atoms. The van der Waals surface area contributed by atoms with Gasteiger partial charge in [0.25, 0.3) is 0 Å². The maximum atomic E-state index is 12.6. The number of halogens is 2. The zero-order valence-corrected chi connectivity index (χ0v) is 7.17. The minimum atomic E-state index is -0.300. The standard InChI is InChI=1S/C8H9ClFN/c1-5-3-6(10)4-7(9)8(5)11-2/h3-4,11H,1-2H3. The zero-order valence-electron chi connectivity index (χ0n) is 6.41. The van der Waals surface area contributed by atoms with Crippen LogP contribution in [0.1, 0.15) is 5.56 Å². The van der Waals surface area contributed by atoms with Crippen LogP contribution < -0.4 is 5.32 Å². The summed E-state index contributed by atoms with van der Waals surface area (Å²) in [6.07, 6.45) is 0. The molecular weight excluding hydrogens is 165 g/mol. The highest BCUT2D eigenvalue weighted by molar-refractivity contribution is 6.33. The van der Waals surface area contributed by atoms with Crippen LogP contribution in [0.5, 0.6) is 0 Å². The number of anilines is 1. The molecule has 0 heterocycles. The monoisotopic (exact) mass is 173 g/mol. The summed E-state index contributed by atoms with van der Waals surface area (Å²) in [5, 5.41) is 3.31. The van der Waals surface area contributed by atoms with Gasteiger partial charge in [-0.15, -0.1) is 0 Å². The van der Waals surface area contributed by atoms with Crippen molar-refractivity contribution in [2.45, 2.75) is 6.92 Å². The fourth-order valence-electron chi connectivity index (χ4n) is 1.02. The van der Waals surface area contributed by atoms with E-state index in [0.29, 0.717) is 5.02 Å². The Bertz CT molecular complexity index is 250. The van der Waals surface area contributed by atoms with Gasteiger partial charge in [0.2, 0.25) is 0 Å². The lowest BCUT2D eigenvalue weighted by atomic mass is 10.2. The van der Waals surface area contributed by atoms with E-state index < -0.39 is 0 Å². The van der Waals surface area contributed by atoms with Gasteiger partial charge in [0.15, 0.2) is 0 Å². The molecule has 1 nitrogen and oxygen atoms in total. The van der Waals surface area contributed by atoms with E-state index in [4.69, 9.17) is 11.6 Å². The summed E-state index contributed by atoms with van der Waals surface area (Å²) in [6.45, 7) is 1.81. The summed E-state index contributed by atoms with van der Waals surface area (Å²) in [5.74, 6) is -0.300. The normalized spacial score (nSPS) is 9.82. The van der Waals surface area contributed by atoms with E-state index in [2.05, 4.69) is 5.32 Å². The highest BCUT2D eigenvalue weighted by Crippen LogP contribution is 2.25. The van der Waals surface area contributed by atoms with Crippen molar-refractivity contribution in [1.82, 2.24) is 0 Å². The Balaban J connectivity index is 3.25. The Kier molecular flexibility index (Phi) is 2.35. The summed E-state index contributed by atoms with van der Waals surface area (Å²) < 4.78 is 12.6. The maximum Gasteiger partial charge on any atom is 0.125 e. The van der Waals surface area contributed by atoms with Crippen molar-refractivity contribution < 1.29 is 4.39 Å². The highest BCUT2D eigenvalue weighted by Gasteiger charge is 2.03. The Hall–Kier alpha value is -0.760. The van der Waals surface area contributed by atoms with E-state index in [9.17, 15) is 4.39 Å². The van der Waals surface area contributed by atoms with Gasteiger partial charge in [0.1, 0.15) is 5.82 Å². The number of nitrogens with one attached hydrogen (secondary N) is 1. The van der Waals surface area contributed by atoms with Gasteiger partial charge in [-0.05, 0) is 24.6 Å². The van der Waals surface area contributed by atoms with Gasteiger partial charge >= 0.3 is 0 Å². The van der Waals surface area contributed by atoms with Crippen molar-refractivity contribution in [1.29, 1.82) is 0 Å². The minimum absolute atomic E-state index is 0.300. The molecule has 0 aliphatic heterocycles. The summed E-state index contributed by atoms with van der Waals surface area (Å²) >= 11 is 5.73. The lowest BCUT2D eigenvalue weighted by Gasteiger charge is -2.06. The van der Waals surface area contributed by atoms with Gasteiger partial charge in [-0.2, -0.15) is 0 Å². The predicted octanol–water partition coefficient (Wildman–Crippen LogP) is 2.83. The van der Waals surface area contributed by atoms with Gasteiger partial charge < -0.3 is 5.32 Å². The number of rotatable bonds is 1. The van der Waals surface area contributed by atoms with Crippen molar-refractivity contribution in [2.75, 3.05) is 12.4 Å². The number of hydrogen-bond donors (Lipinski definition) is 1. The Morgan fingerprint density at radius 1 is 1.45 bits per heavy atom. The minimum Gasteiger partial charge on any atom is -0.387 e. The second-order valence-corrected chi connectivity index (χ2v) is 2.74. The van der Waals surface area contributed by atoms with Gasteiger partial charge in [-0.25, -0.2) is 4.39 Å². The quantitative estimate of drug-likeness (QED) is 0.689. The third-order valence-corrected chi connectivity index (χ3v) is 1.80. The molecule has 0 atom stereocenters. The van der Waals surface area contributed by atoms with E-state index in [1.54, 1.807) is 14.0 Å². The molecule has 0 aromatic heterocycles. The zero-order chi connectivity index (χ0) is 8.43. The van der Waals surface area contributed by atoms with Crippen LogP contribution in [0.4, 0.5) is 10.1 Å². The largest absolute Gasteiger partial charge is 0.387 e. The smallest absolute Gasteiger partial charge is 0.125 e. The first kappa shape index (κ1) is 8.34. The molecule has 0 aliphatic carbocycles. The van der Waals surface area contributed by atoms with Crippen LogP contribution in [0.2, 0.25) is 5.02 Å². The molecule has 0 fully saturated rings. The molecule has 1 aromatic carbocycles. The molecule has 0 saturated carbocycles. The van der Waals surface area contributed by atoms with Crippen molar-refractivity contribution >= 4 is 17.3 Å². The number of hydrogen-bond acceptors (Lipinski definition) is 1. The van der Waals surface area contributed by atoms with E-state index in [1.807, 2.05) is 0 Å². The molecule has 0 spiro atoms. The van der Waals surface area contributed by atoms with Gasteiger partial charge in [0, 0.05) is 7.05 Å². The third-order valence-electron chi connectivity index (χ3n) is 1.50. The fraction of sp³-hybridized carbons (Fsp3) is 0.250.